The molecule has 0 spiro atoms. The number of aromatic nitrogens is 2. The van der Waals surface area contributed by atoms with E-state index in [4.69, 9.17) is 9.47 Å². The molecule has 4 aromatic carbocycles. The van der Waals surface area contributed by atoms with Gasteiger partial charge in [0.1, 0.15) is 5.56 Å². The number of hydrogen-bond donors (Lipinski definition) is 9. The number of H-pyrrole nitrogens is 2. The molecule has 2 aliphatic heterocycles. The molecular weight excluding hydrogens is 941 g/mol. The van der Waals surface area contributed by atoms with Gasteiger partial charge < -0.3 is 65.0 Å². The van der Waals surface area contributed by atoms with E-state index >= 15 is 0 Å². The smallest absolute Gasteiger partial charge is 0.342 e. The summed E-state index contributed by atoms with van der Waals surface area (Å²) >= 11 is 0. The summed E-state index contributed by atoms with van der Waals surface area (Å²) in [5.74, 6) is -17.4. The van der Waals surface area contributed by atoms with Crippen LogP contribution in [0.4, 0.5) is 17.6 Å². The molecule has 0 radical (unpaired) electrons. The molecule has 6 aromatic rings. The Morgan fingerprint density at radius 2 is 1.10 bits per heavy atom. The molecule has 0 bridgehead atoms. The maximum Gasteiger partial charge on any atom is 0.342 e. The van der Waals surface area contributed by atoms with E-state index in [2.05, 4.69) is 9.97 Å². The molecule has 17 nitrogen and oxygen atoms in total. The lowest BCUT2D eigenvalue weighted by Gasteiger charge is -2.30. The Balaban J connectivity index is 0.000000209. The number of carbonyl (C=O) groups excluding carboxylic acids is 4. The molecule has 2 amide bonds. The van der Waals surface area contributed by atoms with Crippen molar-refractivity contribution in [1.82, 2.24) is 19.8 Å². The minimum absolute atomic E-state index is 0.0189. The van der Waals surface area contributed by atoms with Gasteiger partial charge in [0.25, 0.3) is 11.8 Å². The molecule has 0 fully saturated rings. The van der Waals surface area contributed by atoms with Crippen LogP contribution in [0, 0.1) is 23.3 Å². The summed E-state index contributed by atoms with van der Waals surface area (Å²) < 4.78 is 65.9. The maximum absolute atomic E-state index is 14.1. The number of nitrogens with zero attached hydrogens (tertiary/aromatic N) is 2. The number of hydrogen-bond acceptors (Lipinski definition) is 13. The van der Waals surface area contributed by atoms with Gasteiger partial charge in [-0.2, -0.15) is 8.78 Å². The lowest BCUT2D eigenvalue weighted by Crippen LogP contribution is -2.37. The van der Waals surface area contributed by atoms with Crippen LogP contribution in [0.5, 0.6) is 40.2 Å². The molecule has 374 valence electrons. The number of para-hydroxylation sites is 1. The van der Waals surface area contributed by atoms with Gasteiger partial charge in [0.15, 0.2) is 40.4 Å². The summed E-state index contributed by atoms with van der Waals surface area (Å²) in [5.41, 5.74) is -1.22. The van der Waals surface area contributed by atoms with E-state index in [0.29, 0.717) is 5.69 Å². The number of fused-ring (bicyclic) bond motifs is 6. The Kier molecular flexibility index (Phi) is 12.9. The first-order chi connectivity index (χ1) is 33.1. The van der Waals surface area contributed by atoms with Gasteiger partial charge in [0, 0.05) is 52.8 Å². The number of phenols is 7. The Morgan fingerprint density at radius 1 is 0.592 bits per heavy atom. The van der Waals surface area contributed by atoms with Crippen LogP contribution in [0.1, 0.15) is 98.6 Å². The van der Waals surface area contributed by atoms with Crippen LogP contribution in [0.15, 0.2) is 54.9 Å². The predicted octanol–water partition coefficient (Wildman–Crippen LogP) is 8.28. The van der Waals surface area contributed by atoms with Crippen molar-refractivity contribution in [3.05, 3.63) is 112 Å². The standard InChI is InChI=1S/C25H24F2N2O7.C25H24F2N2O6/c1-10(2)36-24(35)12-8-29(23(34)11-5-6-13(26)14(27)7-11)9-25(3,4)16-15-18(28-17(12)16)20(31)22(33)21(32)19(15)30;1-11(2)35-24(34)13-9-29(23(33)15-20(30)17(26)18(27)22(32)21(15)31)10-25(3,4)16-12-7-5-6-8-14(12)28-19(13)16/h5-8,10,28,30-33H,9H2,1-4H3;5-9,11,28,30-32H,10H2,1-4H3. The third-order valence-electron chi connectivity index (χ3n) is 11.8. The van der Waals surface area contributed by atoms with Crippen LogP contribution in [0.2, 0.25) is 0 Å². The van der Waals surface area contributed by atoms with Gasteiger partial charge >= 0.3 is 11.9 Å². The Bertz CT molecular complexity index is 3270. The average molecular weight is 989 g/mol. The molecular formula is C50H48F4N4O13. The summed E-state index contributed by atoms with van der Waals surface area (Å²) in [4.78, 5) is 61.1. The van der Waals surface area contributed by atoms with Crippen LogP contribution in [0.3, 0.4) is 0 Å². The normalized spacial score (nSPS) is 15.0. The zero-order valence-electron chi connectivity index (χ0n) is 39.3. The van der Waals surface area contributed by atoms with Gasteiger partial charge in [-0.1, -0.05) is 45.9 Å². The highest BCUT2D eigenvalue weighted by molar-refractivity contribution is 6.20. The summed E-state index contributed by atoms with van der Waals surface area (Å²) in [6.45, 7) is 13.3. The second-order valence-electron chi connectivity index (χ2n) is 18.7. The van der Waals surface area contributed by atoms with Crippen molar-refractivity contribution < 1.29 is 82.0 Å². The Morgan fingerprint density at radius 3 is 1.66 bits per heavy atom. The van der Waals surface area contributed by atoms with E-state index in [1.165, 1.54) is 12.4 Å². The fourth-order valence-electron chi connectivity index (χ4n) is 8.76. The molecule has 0 unspecified atom stereocenters. The molecule has 4 heterocycles. The number of nitrogens with one attached hydrogen (secondary N) is 2. The van der Waals surface area contributed by atoms with Crippen LogP contribution in [0.25, 0.3) is 33.0 Å². The largest absolute Gasteiger partial charge is 0.504 e. The Hall–Kier alpha value is -8.36. The maximum atomic E-state index is 14.1. The van der Waals surface area contributed by atoms with Crippen molar-refractivity contribution in [3.8, 4) is 40.2 Å². The minimum Gasteiger partial charge on any atom is -0.504 e. The van der Waals surface area contributed by atoms with Gasteiger partial charge in [-0.05, 0) is 63.1 Å². The number of ether oxygens (including phenoxy) is 2. The lowest BCUT2D eigenvalue weighted by molar-refractivity contribution is -0.141. The summed E-state index contributed by atoms with van der Waals surface area (Å²) in [5, 5.41) is 72.0. The van der Waals surface area contributed by atoms with Crippen molar-refractivity contribution in [1.29, 1.82) is 0 Å². The van der Waals surface area contributed by atoms with Crippen LogP contribution in [-0.4, -0.2) is 105 Å². The zero-order valence-corrected chi connectivity index (χ0v) is 39.3. The lowest BCUT2D eigenvalue weighted by atomic mass is 9.81. The minimum atomic E-state index is -1.90. The number of halogens is 4. The molecule has 0 aliphatic carbocycles. The number of aromatic amines is 2. The predicted molar refractivity (Wildman–Crippen MR) is 248 cm³/mol. The first-order valence-electron chi connectivity index (χ1n) is 21.8. The van der Waals surface area contributed by atoms with Crippen molar-refractivity contribution in [2.45, 2.75) is 78.4 Å². The van der Waals surface area contributed by atoms with E-state index in [-0.39, 0.29) is 52.0 Å². The van der Waals surface area contributed by atoms with Gasteiger partial charge in [0.05, 0.1) is 45.6 Å². The van der Waals surface area contributed by atoms with Crippen LogP contribution < -0.4 is 0 Å². The number of phenolic OH excluding ortho intramolecular Hbond substituents is 7. The molecule has 2 aromatic heterocycles. The fraction of sp³-hybridized carbons (Fsp3) is 0.280. The van der Waals surface area contributed by atoms with Crippen LogP contribution >= 0.6 is 0 Å². The first-order valence-corrected chi connectivity index (χ1v) is 21.8. The Labute approximate surface area is 401 Å². The SMILES string of the molecule is CC(C)OC(=O)C1=CN(C(=O)c2c(O)c(O)c(F)c(F)c2O)CC(C)(C)c2c1[nH]c1ccccc21.CC(C)OC(=O)C1=CN(C(=O)c2ccc(F)c(F)c2)CC(C)(C)c2c1[nH]c1c(O)c(O)c(O)c(O)c21. The topological polar surface area (TPSA) is 266 Å². The third-order valence-corrected chi connectivity index (χ3v) is 11.8. The molecule has 0 saturated carbocycles. The monoisotopic (exact) mass is 988 g/mol. The fourth-order valence-corrected chi connectivity index (χ4v) is 8.76. The number of amides is 2. The van der Waals surface area contributed by atoms with E-state index in [1.54, 1.807) is 41.5 Å². The summed E-state index contributed by atoms with van der Waals surface area (Å²) in [7, 11) is 0. The quantitative estimate of drug-likeness (QED) is 0.0330. The summed E-state index contributed by atoms with van der Waals surface area (Å²) in [6.07, 6.45) is 1.33. The van der Waals surface area contributed by atoms with Gasteiger partial charge in [-0.25, -0.2) is 18.4 Å². The van der Waals surface area contributed by atoms with Crippen molar-refractivity contribution in [2.75, 3.05) is 13.1 Å². The van der Waals surface area contributed by atoms with Gasteiger partial charge in [-0.3, -0.25) is 9.59 Å². The van der Waals surface area contributed by atoms with Gasteiger partial charge in [0.2, 0.25) is 23.1 Å². The number of esters is 2. The number of rotatable bonds is 6. The molecule has 8 rings (SSSR count). The molecule has 0 atom stereocenters. The van der Waals surface area contributed by atoms with E-state index in [0.717, 1.165) is 44.5 Å². The second-order valence-corrected chi connectivity index (χ2v) is 18.7. The molecule has 71 heavy (non-hydrogen) atoms. The number of aromatic hydroxyl groups is 7. The first kappa shape index (κ1) is 50.5. The highest BCUT2D eigenvalue weighted by Crippen LogP contribution is 2.54. The molecule has 21 heteroatoms. The zero-order chi connectivity index (χ0) is 52.5. The summed E-state index contributed by atoms with van der Waals surface area (Å²) in [6, 6.07) is 10.0. The van der Waals surface area contributed by atoms with E-state index in [1.807, 2.05) is 38.1 Å². The third kappa shape index (κ3) is 8.82. The molecule has 9 N–H and O–H groups in total. The molecule has 2 aliphatic rings. The highest BCUT2D eigenvalue weighted by atomic mass is 19.2. The van der Waals surface area contributed by atoms with Crippen molar-refractivity contribution >= 4 is 56.7 Å². The van der Waals surface area contributed by atoms with Crippen molar-refractivity contribution in [3.63, 3.8) is 0 Å². The average Bonchev–Trinajstić information content (AvgIpc) is 3.84. The van der Waals surface area contributed by atoms with Crippen LogP contribution in [-0.2, 0) is 29.9 Å². The number of benzene rings is 4. The number of carbonyl (C=O) groups is 4. The highest BCUT2D eigenvalue weighted by Gasteiger charge is 2.42. The second kappa shape index (κ2) is 18.2. The van der Waals surface area contributed by atoms with Gasteiger partial charge in [-0.15, -0.1) is 0 Å². The molecule has 0 saturated heterocycles. The van der Waals surface area contributed by atoms with Crippen molar-refractivity contribution in [2.24, 2.45) is 0 Å². The van der Waals surface area contributed by atoms with E-state index in [9.17, 15) is 72.5 Å². The van der Waals surface area contributed by atoms with E-state index < -0.39 is 116 Å².